The van der Waals surface area contributed by atoms with Gasteiger partial charge in [-0.05, 0) is 19.1 Å². The van der Waals surface area contributed by atoms with Gasteiger partial charge < -0.3 is 14.1 Å². The number of rotatable bonds is 4. The Hall–Kier alpha value is -1.29. The molecule has 1 fully saturated rings. The van der Waals surface area contributed by atoms with E-state index in [9.17, 15) is 4.79 Å². The molecule has 2 heterocycles. The van der Waals surface area contributed by atoms with E-state index in [1.54, 1.807) is 6.26 Å². The maximum absolute atomic E-state index is 11.6. The van der Waals surface area contributed by atoms with E-state index in [1.807, 2.05) is 19.1 Å². The number of esters is 1. The number of carbonyl (C=O) groups excluding carboxylic acids is 1. The third-order valence-electron chi connectivity index (χ3n) is 3.32. The standard InChI is InChI=1S/C13H19NO3/c1-2-16-13(15)11-5-7-14(8-6-11)10-12-4-3-9-17-12/h3-4,9,11H,2,5-8,10H2,1H3/p+1. The Balaban J connectivity index is 1.76. The Kier molecular flexibility index (Phi) is 4.20. The fourth-order valence-electron chi connectivity index (χ4n) is 2.36. The molecule has 0 radical (unpaired) electrons. The number of hydrogen-bond donors (Lipinski definition) is 1. The Bertz CT molecular complexity index is 340. The third-order valence-corrected chi connectivity index (χ3v) is 3.32. The number of quaternary nitrogens is 1. The number of carbonyl (C=O) groups is 1. The van der Waals surface area contributed by atoms with Gasteiger partial charge in [-0.2, -0.15) is 0 Å². The minimum atomic E-state index is -0.0236. The lowest BCUT2D eigenvalue weighted by Crippen LogP contribution is -3.11. The molecule has 1 aromatic heterocycles. The molecule has 2 rings (SSSR count). The highest BCUT2D eigenvalue weighted by Gasteiger charge is 2.28. The van der Waals surface area contributed by atoms with Crippen molar-refractivity contribution in [2.24, 2.45) is 5.92 Å². The maximum Gasteiger partial charge on any atom is 0.309 e. The fourth-order valence-corrected chi connectivity index (χ4v) is 2.36. The van der Waals surface area contributed by atoms with Crippen molar-refractivity contribution in [1.29, 1.82) is 0 Å². The first-order valence-corrected chi connectivity index (χ1v) is 6.32. The number of ether oxygens (including phenoxy) is 1. The molecular formula is C13H20NO3+. The highest BCUT2D eigenvalue weighted by atomic mass is 16.5. The molecule has 17 heavy (non-hydrogen) atoms. The van der Waals surface area contributed by atoms with Gasteiger partial charge in [0.25, 0.3) is 0 Å². The molecule has 0 aromatic carbocycles. The lowest BCUT2D eigenvalue weighted by atomic mass is 9.97. The average Bonchev–Trinajstić information content (AvgIpc) is 2.83. The number of nitrogens with one attached hydrogen (secondary N) is 1. The van der Waals surface area contributed by atoms with Crippen LogP contribution < -0.4 is 4.90 Å². The van der Waals surface area contributed by atoms with E-state index in [0.29, 0.717) is 6.61 Å². The lowest BCUT2D eigenvalue weighted by molar-refractivity contribution is -0.920. The molecule has 1 N–H and O–H groups in total. The predicted octanol–water partition coefficient (Wildman–Crippen LogP) is 0.638. The summed E-state index contributed by atoms with van der Waals surface area (Å²) in [5.74, 6) is 1.11. The van der Waals surface area contributed by atoms with Gasteiger partial charge in [0.1, 0.15) is 6.54 Å². The second-order valence-corrected chi connectivity index (χ2v) is 4.53. The highest BCUT2D eigenvalue weighted by molar-refractivity contribution is 5.72. The Morgan fingerprint density at radius 3 is 2.88 bits per heavy atom. The Labute approximate surface area is 102 Å². The van der Waals surface area contributed by atoms with Crippen LogP contribution in [0, 0.1) is 5.92 Å². The van der Waals surface area contributed by atoms with Crippen LogP contribution in [-0.4, -0.2) is 25.7 Å². The molecule has 1 aliphatic heterocycles. The minimum absolute atomic E-state index is 0.0236. The summed E-state index contributed by atoms with van der Waals surface area (Å²) in [6, 6.07) is 3.92. The normalized spacial score (nSPS) is 24.5. The first-order valence-electron chi connectivity index (χ1n) is 6.32. The molecule has 0 amide bonds. The van der Waals surface area contributed by atoms with Crippen LogP contribution in [0.3, 0.4) is 0 Å². The van der Waals surface area contributed by atoms with Gasteiger partial charge in [0, 0.05) is 12.8 Å². The van der Waals surface area contributed by atoms with Gasteiger partial charge in [0.05, 0.1) is 31.9 Å². The summed E-state index contributed by atoms with van der Waals surface area (Å²) >= 11 is 0. The zero-order valence-corrected chi connectivity index (χ0v) is 10.3. The molecule has 1 saturated heterocycles. The summed E-state index contributed by atoms with van der Waals surface area (Å²) in [5, 5.41) is 0. The second kappa shape index (κ2) is 5.87. The number of furan rings is 1. The van der Waals surface area contributed by atoms with Crippen LogP contribution in [0.25, 0.3) is 0 Å². The van der Waals surface area contributed by atoms with Gasteiger partial charge in [-0.1, -0.05) is 0 Å². The van der Waals surface area contributed by atoms with E-state index in [-0.39, 0.29) is 11.9 Å². The Morgan fingerprint density at radius 2 is 2.29 bits per heavy atom. The third kappa shape index (κ3) is 3.33. The van der Waals surface area contributed by atoms with Gasteiger partial charge in [0.2, 0.25) is 0 Å². The van der Waals surface area contributed by atoms with Crippen molar-refractivity contribution >= 4 is 5.97 Å². The summed E-state index contributed by atoms with van der Waals surface area (Å²) in [7, 11) is 0. The van der Waals surface area contributed by atoms with Crippen molar-refractivity contribution in [3.05, 3.63) is 24.2 Å². The van der Waals surface area contributed by atoms with Gasteiger partial charge in [-0.25, -0.2) is 0 Å². The van der Waals surface area contributed by atoms with Gasteiger partial charge >= 0.3 is 5.97 Å². The average molecular weight is 238 g/mol. The molecule has 94 valence electrons. The summed E-state index contributed by atoms with van der Waals surface area (Å²) in [6.07, 6.45) is 3.56. The van der Waals surface area contributed by atoms with Gasteiger partial charge in [-0.15, -0.1) is 0 Å². The molecular weight excluding hydrogens is 218 g/mol. The van der Waals surface area contributed by atoms with Gasteiger partial charge in [0.15, 0.2) is 5.76 Å². The van der Waals surface area contributed by atoms with E-state index in [1.165, 1.54) is 4.90 Å². The van der Waals surface area contributed by atoms with Crippen molar-refractivity contribution < 1.29 is 18.8 Å². The van der Waals surface area contributed by atoms with E-state index in [2.05, 4.69) is 0 Å². The molecule has 1 aliphatic rings. The van der Waals surface area contributed by atoms with Crippen LogP contribution in [0.5, 0.6) is 0 Å². The van der Waals surface area contributed by atoms with Crippen LogP contribution in [0.4, 0.5) is 0 Å². The van der Waals surface area contributed by atoms with Crippen LogP contribution in [0.1, 0.15) is 25.5 Å². The smallest absolute Gasteiger partial charge is 0.309 e. The maximum atomic E-state index is 11.6. The first-order chi connectivity index (χ1) is 8.29. The first kappa shape index (κ1) is 12.2. The van der Waals surface area contributed by atoms with Crippen LogP contribution in [0.15, 0.2) is 22.8 Å². The van der Waals surface area contributed by atoms with Crippen LogP contribution >= 0.6 is 0 Å². The summed E-state index contributed by atoms with van der Waals surface area (Å²) in [5.41, 5.74) is 0. The molecule has 0 unspecified atom stereocenters. The number of piperidine rings is 1. The predicted molar refractivity (Wildman–Crippen MR) is 62.5 cm³/mol. The zero-order valence-electron chi connectivity index (χ0n) is 10.3. The molecule has 0 saturated carbocycles. The highest BCUT2D eigenvalue weighted by Crippen LogP contribution is 2.12. The minimum Gasteiger partial charge on any atom is -0.466 e. The quantitative estimate of drug-likeness (QED) is 0.783. The molecule has 0 bridgehead atoms. The molecule has 1 aromatic rings. The van der Waals surface area contributed by atoms with Crippen molar-refractivity contribution in [3.63, 3.8) is 0 Å². The summed E-state index contributed by atoms with van der Waals surface area (Å²) in [6.45, 7) is 5.30. The number of likely N-dealkylation sites (tertiary alicyclic amines) is 1. The lowest BCUT2D eigenvalue weighted by Gasteiger charge is -2.27. The SMILES string of the molecule is CCOC(=O)C1CC[NH+](Cc2ccco2)CC1. The summed E-state index contributed by atoms with van der Waals surface area (Å²) < 4.78 is 10.4. The van der Waals surface area contributed by atoms with E-state index >= 15 is 0 Å². The van der Waals surface area contributed by atoms with Gasteiger partial charge in [-0.3, -0.25) is 4.79 Å². The van der Waals surface area contributed by atoms with E-state index in [0.717, 1.165) is 38.2 Å². The topological polar surface area (TPSA) is 43.9 Å². The molecule has 4 nitrogen and oxygen atoms in total. The fraction of sp³-hybridized carbons (Fsp3) is 0.615. The second-order valence-electron chi connectivity index (χ2n) is 4.53. The summed E-state index contributed by atoms with van der Waals surface area (Å²) in [4.78, 5) is 13.1. The molecule has 0 atom stereocenters. The zero-order chi connectivity index (χ0) is 12.1. The van der Waals surface area contributed by atoms with Crippen LogP contribution in [0.2, 0.25) is 0 Å². The van der Waals surface area contributed by atoms with Crippen molar-refractivity contribution in [2.45, 2.75) is 26.3 Å². The largest absolute Gasteiger partial charge is 0.466 e. The van der Waals surface area contributed by atoms with E-state index in [4.69, 9.17) is 9.15 Å². The monoisotopic (exact) mass is 238 g/mol. The van der Waals surface area contributed by atoms with E-state index < -0.39 is 0 Å². The molecule has 0 spiro atoms. The van der Waals surface area contributed by atoms with Crippen molar-refractivity contribution in [1.82, 2.24) is 0 Å². The van der Waals surface area contributed by atoms with Crippen molar-refractivity contribution in [2.75, 3.05) is 19.7 Å². The number of hydrogen-bond acceptors (Lipinski definition) is 3. The van der Waals surface area contributed by atoms with Crippen molar-refractivity contribution in [3.8, 4) is 0 Å². The molecule has 0 aliphatic carbocycles. The Morgan fingerprint density at radius 1 is 1.53 bits per heavy atom. The van der Waals surface area contributed by atoms with Crippen LogP contribution in [-0.2, 0) is 16.1 Å². The molecule has 4 heteroatoms.